The lowest BCUT2D eigenvalue weighted by molar-refractivity contribution is -0.115. The van der Waals surface area contributed by atoms with Crippen LogP contribution in [-0.2, 0) is 17.6 Å². The average molecular weight is 383 g/mol. The number of ether oxygens (including phenoxy) is 1. The largest absolute Gasteiger partial charge is 0.496 e. The lowest BCUT2D eigenvalue weighted by Crippen LogP contribution is -2.32. The maximum absolute atomic E-state index is 12.1. The summed E-state index contributed by atoms with van der Waals surface area (Å²) in [5, 5.41) is 15.9. The Bertz CT molecular complexity index is 925. The van der Waals surface area contributed by atoms with E-state index in [0.717, 1.165) is 30.4 Å². The maximum atomic E-state index is 12.1. The van der Waals surface area contributed by atoms with E-state index in [1.165, 1.54) is 22.3 Å². The van der Waals surface area contributed by atoms with E-state index in [2.05, 4.69) is 16.7 Å². The Hall–Kier alpha value is -2.69. The Balaban J connectivity index is 1.63. The van der Waals surface area contributed by atoms with Gasteiger partial charge in [0.25, 0.3) is 0 Å². The van der Waals surface area contributed by atoms with Gasteiger partial charge in [0.2, 0.25) is 5.91 Å². The van der Waals surface area contributed by atoms with Gasteiger partial charge in [0.1, 0.15) is 16.8 Å². The zero-order valence-corrected chi connectivity index (χ0v) is 15.8. The Morgan fingerprint density at radius 3 is 2.96 bits per heavy atom. The summed E-state index contributed by atoms with van der Waals surface area (Å²) in [6, 6.07) is 9.65. The van der Waals surface area contributed by atoms with Crippen molar-refractivity contribution in [2.45, 2.75) is 19.3 Å². The van der Waals surface area contributed by atoms with Gasteiger partial charge in [-0.1, -0.05) is 18.2 Å². The summed E-state index contributed by atoms with van der Waals surface area (Å²) in [5.74, 6) is 0.333. The summed E-state index contributed by atoms with van der Waals surface area (Å²) in [4.78, 5) is 13.3. The minimum atomic E-state index is -0.351. The molecule has 2 aromatic rings. The number of carbonyl (C=O) groups excluding carboxylic acids is 1. The summed E-state index contributed by atoms with van der Waals surface area (Å²) in [7, 11) is 1.58. The molecule has 1 amide bonds. The molecule has 1 aliphatic rings. The summed E-state index contributed by atoms with van der Waals surface area (Å²) in [6.07, 6.45) is 6.07. The molecule has 5 nitrogen and oxygen atoms in total. The molecule has 0 saturated carbocycles. The van der Waals surface area contributed by atoms with E-state index < -0.39 is 0 Å². The van der Waals surface area contributed by atoms with Crippen molar-refractivity contribution in [2.75, 3.05) is 12.4 Å². The molecule has 132 valence electrons. The second kappa shape index (κ2) is 8.13. The number of benzene rings is 1. The van der Waals surface area contributed by atoms with E-state index in [0.29, 0.717) is 16.3 Å². The molecule has 0 unspecified atom stereocenters. The van der Waals surface area contributed by atoms with Crippen LogP contribution >= 0.6 is 23.6 Å². The van der Waals surface area contributed by atoms with Crippen LogP contribution in [0, 0.1) is 11.3 Å². The molecule has 1 aromatic carbocycles. The first kappa shape index (κ1) is 18.1. The Morgan fingerprint density at radius 2 is 2.19 bits per heavy atom. The van der Waals surface area contributed by atoms with Crippen molar-refractivity contribution < 1.29 is 9.53 Å². The van der Waals surface area contributed by atoms with Crippen LogP contribution in [0.5, 0.6) is 5.75 Å². The number of nitrogens with zero attached hydrogens (tertiary/aromatic N) is 1. The van der Waals surface area contributed by atoms with Gasteiger partial charge in [-0.05, 0) is 49.2 Å². The number of hydrogen-bond acceptors (Lipinski definition) is 5. The molecule has 3 rings (SSSR count). The molecular formula is C19H17N3O2S2. The molecule has 2 N–H and O–H groups in total. The van der Waals surface area contributed by atoms with Gasteiger partial charge < -0.3 is 10.1 Å². The van der Waals surface area contributed by atoms with Crippen LogP contribution in [0.2, 0.25) is 0 Å². The van der Waals surface area contributed by atoms with Gasteiger partial charge in [0, 0.05) is 16.5 Å². The standard InChI is InChI=1S/C19H17N3O2S2/c1-24-15-7-3-2-5-12(15)9-10-17(23)21-19(25)22-18-14(11-20)13-6-4-8-16(13)26-18/h2-3,5,7,9-10H,4,6,8H2,1H3,(H2,21,22,23,25)/b10-9+. The average Bonchev–Trinajstić information content (AvgIpc) is 3.20. The lowest BCUT2D eigenvalue weighted by atomic mass is 10.1. The molecule has 0 spiro atoms. The fourth-order valence-corrected chi connectivity index (χ4v) is 4.38. The number of amides is 1. The number of nitriles is 1. The zero-order chi connectivity index (χ0) is 18.5. The Kier molecular flexibility index (Phi) is 5.66. The topological polar surface area (TPSA) is 74.2 Å². The summed E-state index contributed by atoms with van der Waals surface area (Å²) < 4.78 is 5.24. The summed E-state index contributed by atoms with van der Waals surface area (Å²) in [6.45, 7) is 0. The number of thiophene rings is 1. The fourth-order valence-electron chi connectivity index (χ4n) is 2.87. The van der Waals surface area contributed by atoms with Gasteiger partial charge in [0.15, 0.2) is 5.11 Å². The van der Waals surface area contributed by atoms with Crippen LogP contribution in [0.1, 0.15) is 28.0 Å². The molecule has 0 bridgehead atoms. The number of para-hydroxylation sites is 1. The van der Waals surface area contributed by atoms with E-state index in [-0.39, 0.29) is 11.0 Å². The minimum Gasteiger partial charge on any atom is -0.496 e. The molecule has 0 aliphatic heterocycles. The number of anilines is 1. The molecular weight excluding hydrogens is 366 g/mol. The predicted molar refractivity (Wildman–Crippen MR) is 107 cm³/mol. The van der Waals surface area contributed by atoms with Gasteiger partial charge >= 0.3 is 0 Å². The number of aryl methyl sites for hydroxylation is 1. The second-order valence-electron chi connectivity index (χ2n) is 5.69. The number of nitrogens with one attached hydrogen (secondary N) is 2. The van der Waals surface area contributed by atoms with Crippen molar-refractivity contribution in [2.24, 2.45) is 0 Å². The highest BCUT2D eigenvalue weighted by atomic mass is 32.1. The minimum absolute atomic E-state index is 0.177. The first-order valence-corrected chi connectivity index (χ1v) is 9.32. The van der Waals surface area contributed by atoms with Gasteiger partial charge in [-0.15, -0.1) is 11.3 Å². The third-order valence-electron chi connectivity index (χ3n) is 4.05. The van der Waals surface area contributed by atoms with Crippen LogP contribution in [0.25, 0.3) is 6.08 Å². The van der Waals surface area contributed by atoms with Gasteiger partial charge in [-0.2, -0.15) is 5.26 Å². The lowest BCUT2D eigenvalue weighted by Gasteiger charge is -2.07. The summed E-state index contributed by atoms with van der Waals surface area (Å²) in [5.41, 5.74) is 2.55. The first-order valence-electron chi connectivity index (χ1n) is 8.10. The van der Waals surface area contributed by atoms with E-state index in [9.17, 15) is 10.1 Å². The summed E-state index contributed by atoms with van der Waals surface area (Å²) >= 11 is 6.74. The number of fused-ring (bicyclic) bond motifs is 1. The van der Waals surface area contributed by atoms with Crippen molar-refractivity contribution in [3.8, 4) is 11.8 Å². The fraction of sp³-hybridized carbons (Fsp3) is 0.211. The van der Waals surface area contributed by atoms with Crippen LogP contribution in [0.15, 0.2) is 30.3 Å². The Morgan fingerprint density at radius 1 is 1.38 bits per heavy atom. The SMILES string of the molecule is COc1ccccc1/C=C/C(=O)NC(=S)Nc1sc2c(c1C#N)CCC2. The molecule has 0 fully saturated rings. The molecule has 0 saturated heterocycles. The molecule has 0 radical (unpaired) electrons. The van der Waals surface area contributed by atoms with E-state index in [1.54, 1.807) is 13.2 Å². The van der Waals surface area contributed by atoms with Crippen LogP contribution in [0.3, 0.4) is 0 Å². The number of rotatable bonds is 4. The highest BCUT2D eigenvalue weighted by molar-refractivity contribution is 7.80. The van der Waals surface area contributed by atoms with Gasteiger partial charge in [-0.3, -0.25) is 10.1 Å². The first-order chi connectivity index (χ1) is 12.6. The zero-order valence-electron chi connectivity index (χ0n) is 14.2. The molecule has 1 aliphatic carbocycles. The number of hydrogen-bond donors (Lipinski definition) is 2. The molecule has 1 aromatic heterocycles. The van der Waals surface area contributed by atoms with Crippen molar-refractivity contribution in [1.82, 2.24) is 5.32 Å². The third-order valence-corrected chi connectivity index (χ3v) is 5.46. The predicted octanol–water partition coefficient (Wildman–Crippen LogP) is 3.64. The monoisotopic (exact) mass is 383 g/mol. The number of thiocarbonyl (C=S) groups is 1. The van der Waals surface area contributed by atoms with Crippen molar-refractivity contribution in [3.63, 3.8) is 0 Å². The van der Waals surface area contributed by atoms with E-state index in [1.807, 2.05) is 24.3 Å². The van der Waals surface area contributed by atoms with Gasteiger partial charge in [-0.25, -0.2) is 0 Å². The normalized spacial score (nSPS) is 12.5. The number of methoxy groups -OCH3 is 1. The molecule has 0 atom stereocenters. The number of carbonyl (C=O) groups is 1. The van der Waals surface area contributed by atoms with Crippen molar-refractivity contribution >= 4 is 45.7 Å². The molecule has 7 heteroatoms. The molecule has 1 heterocycles. The quantitative estimate of drug-likeness (QED) is 0.623. The van der Waals surface area contributed by atoms with E-state index in [4.69, 9.17) is 17.0 Å². The maximum Gasteiger partial charge on any atom is 0.250 e. The van der Waals surface area contributed by atoms with Crippen molar-refractivity contribution in [3.05, 3.63) is 51.9 Å². The second-order valence-corrected chi connectivity index (χ2v) is 7.21. The highest BCUT2D eigenvalue weighted by Crippen LogP contribution is 2.38. The van der Waals surface area contributed by atoms with E-state index >= 15 is 0 Å². The Labute approximate surface area is 161 Å². The van der Waals surface area contributed by atoms with Crippen LogP contribution in [-0.4, -0.2) is 18.1 Å². The smallest absolute Gasteiger partial charge is 0.250 e. The van der Waals surface area contributed by atoms with Crippen LogP contribution < -0.4 is 15.4 Å². The molecule has 26 heavy (non-hydrogen) atoms. The third kappa shape index (κ3) is 3.93. The highest BCUT2D eigenvalue weighted by Gasteiger charge is 2.22. The van der Waals surface area contributed by atoms with Gasteiger partial charge in [0.05, 0.1) is 12.7 Å². The van der Waals surface area contributed by atoms with Crippen LogP contribution in [0.4, 0.5) is 5.00 Å². The van der Waals surface area contributed by atoms with Crippen molar-refractivity contribution in [1.29, 1.82) is 5.26 Å².